The van der Waals surface area contributed by atoms with Crippen LogP contribution in [0.5, 0.6) is 0 Å². The summed E-state index contributed by atoms with van der Waals surface area (Å²) in [6, 6.07) is 0. The van der Waals surface area contributed by atoms with Gasteiger partial charge in [0.05, 0.1) is 5.75 Å². The van der Waals surface area contributed by atoms with Gasteiger partial charge in [-0.3, -0.25) is 19.3 Å². The minimum Gasteiger partial charge on any atom is -0.356 e. The molecule has 0 saturated carbocycles. The molecule has 0 unspecified atom stereocenters. The Hall–Kier alpha value is -1.04. The number of thioether (sulfide) groups is 1. The van der Waals surface area contributed by atoms with Gasteiger partial charge in [0.1, 0.15) is 0 Å². The van der Waals surface area contributed by atoms with Crippen LogP contribution in [0, 0.1) is 0 Å². The van der Waals surface area contributed by atoms with E-state index in [1.165, 1.54) is 4.90 Å². The summed E-state index contributed by atoms with van der Waals surface area (Å²) in [6.45, 7) is 3.10. The molecule has 0 aromatic heterocycles. The maximum absolute atomic E-state index is 11.3. The summed E-state index contributed by atoms with van der Waals surface area (Å²) in [6.07, 6.45) is 4.16. The van der Waals surface area contributed by atoms with E-state index in [-0.39, 0.29) is 22.8 Å². The Morgan fingerprint density at radius 1 is 1.28 bits per heavy atom. The van der Waals surface area contributed by atoms with Gasteiger partial charge in [-0.2, -0.15) is 0 Å². The molecule has 0 aliphatic carbocycles. The van der Waals surface area contributed by atoms with Gasteiger partial charge in [0.2, 0.25) is 11.8 Å². The topological polar surface area (TPSA) is 66.5 Å². The third kappa shape index (κ3) is 5.08. The highest BCUT2D eigenvalue weighted by Crippen LogP contribution is 2.19. The summed E-state index contributed by atoms with van der Waals surface area (Å²) in [7, 11) is 0. The lowest BCUT2D eigenvalue weighted by molar-refractivity contribution is -0.124. The lowest BCUT2D eigenvalue weighted by Crippen LogP contribution is -2.29. The SMILES string of the molecule is CCNC(=O)CCCCCCN1C(=O)CSC1=O. The Morgan fingerprint density at radius 3 is 2.61 bits per heavy atom. The van der Waals surface area contributed by atoms with Crippen molar-refractivity contribution in [1.29, 1.82) is 0 Å². The fraction of sp³-hybridized carbons (Fsp3) is 0.750. The predicted octanol–water partition coefficient (Wildman–Crippen LogP) is 1.77. The van der Waals surface area contributed by atoms with E-state index in [1.54, 1.807) is 0 Å². The third-order valence-corrected chi connectivity index (χ3v) is 3.61. The van der Waals surface area contributed by atoms with Gasteiger partial charge >= 0.3 is 0 Å². The largest absolute Gasteiger partial charge is 0.356 e. The van der Waals surface area contributed by atoms with Gasteiger partial charge in [-0.05, 0) is 19.8 Å². The molecule has 1 aliphatic heterocycles. The molecule has 0 atom stereocenters. The number of carbonyl (C=O) groups excluding carboxylic acids is 3. The van der Waals surface area contributed by atoms with E-state index in [2.05, 4.69) is 5.32 Å². The molecule has 0 aromatic carbocycles. The second-order valence-electron chi connectivity index (χ2n) is 4.22. The fourth-order valence-electron chi connectivity index (χ4n) is 1.79. The van der Waals surface area contributed by atoms with Crippen LogP contribution in [-0.2, 0) is 9.59 Å². The Morgan fingerprint density at radius 2 is 2.00 bits per heavy atom. The summed E-state index contributed by atoms with van der Waals surface area (Å²) in [4.78, 5) is 35.1. The Bertz CT molecular complexity index is 304. The van der Waals surface area contributed by atoms with E-state index < -0.39 is 0 Å². The molecule has 0 radical (unpaired) electrons. The molecule has 3 amide bonds. The molecule has 1 heterocycles. The first kappa shape index (κ1) is 15.0. The average Bonchev–Trinajstić information content (AvgIpc) is 2.65. The van der Waals surface area contributed by atoms with Crippen molar-refractivity contribution >= 4 is 28.8 Å². The van der Waals surface area contributed by atoms with Crippen molar-refractivity contribution in [3.8, 4) is 0 Å². The molecule has 1 aliphatic rings. The monoisotopic (exact) mass is 272 g/mol. The van der Waals surface area contributed by atoms with Crippen LogP contribution in [0.4, 0.5) is 4.79 Å². The molecule has 1 rings (SSSR count). The lowest BCUT2D eigenvalue weighted by Gasteiger charge is -2.11. The number of carbonyl (C=O) groups is 3. The standard InChI is InChI=1S/C12H20N2O3S/c1-2-13-10(15)7-5-3-4-6-8-14-11(16)9-18-12(14)17/h2-9H2,1H3,(H,13,15). The van der Waals surface area contributed by atoms with Crippen LogP contribution >= 0.6 is 11.8 Å². The Kier molecular flexibility index (Phi) is 6.78. The molecule has 1 saturated heterocycles. The first-order valence-corrected chi connectivity index (χ1v) is 7.37. The van der Waals surface area contributed by atoms with Gasteiger partial charge in [-0.15, -0.1) is 0 Å². The van der Waals surface area contributed by atoms with Crippen LogP contribution in [-0.4, -0.2) is 40.8 Å². The van der Waals surface area contributed by atoms with E-state index >= 15 is 0 Å². The number of hydrogen-bond acceptors (Lipinski definition) is 4. The number of unbranched alkanes of at least 4 members (excludes halogenated alkanes) is 3. The molecule has 6 heteroatoms. The highest BCUT2D eigenvalue weighted by molar-refractivity contribution is 8.14. The maximum atomic E-state index is 11.3. The second kappa shape index (κ2) is 8.13. The zero-order chi connectivity index (χ0) is 13.4. The quantitative estimate of drug-likeness (QED) is 0.684. The van der Waals surface area contributed by atoms with E-state index in [0.717, 1.165) is 37.4 Å². The third-order valence-electron chi connectivity index (χ3n) is 2.75. The van der Waals surface area contributed by atoms with Crippen LogP contribution in [0.3, 0.4) is 0 Å². The lowest BCUT2D eigenvalue weighted by atomic mass is 10.1. The zero-order valence-corrected chi connectivity index (χ0v) is 11.6. The van der Waals surface area contributed by atoms with Crippen LogP contribution in [0.2, 0.25) is 0 Å². The van der Waals surface area contributed by atoms with Gasteiger partial charge in [-0.1, -0.05) is 24.6 Å². The summed E-state index contributed by atoms with van der Waals surface area (Å²) >= 11 is 1.08. The maximum Gasteiger partial charge on any atom is 0.288 e. The summed E-state index contributed by atoms with van der Waals surface area (Å²) < 4.78 is 0. The number of hydrogen-bond donors (Lipinski definition) is 1. The first-order chi connectivity index (χ1) is 8.65. The van der Waals surface area contributed by atoms with Crippen LogP contribution in [0.1, 0.15) is 39.0 Å². The van der Waals surface area contributed by atoms with Crippen LogP contribution in [0.15, 0.2) is 0 Å². The van der Waals surface area contributed by atoms with E-state index in [4.69, 9.17) is 0 Å². The van der Waals surface area contributed by atoms with E-state index in [0.29, 0.717) is 19.5 Å². The second-order valence-corrected chi connectivity index (χ2v) is 5.14. The number of imide groups is 1. The molecule has 1 fully saturated rings. The van der Waals surface area contributed by atoms with E-state index in [1.807, 2.05) is 6.92 Å². The molecule has 5 nitrogen and oxygen atoms in total. The molecular formula is C12H20N2O3S. The summed E-state index contributed by atoms with van der Waals surface area (Å²) in [5, 5.41) is 2.63. The Balaban J connectivity index is 2.00. The summed E-state index contributed by atoms with van der Waals surface area (Å²) in [5.74, 6) is 0.307. The molecule has 1 N–H and O–H groups in total. The van der Waals surface area contributed by atoms with Gasteiger partial charge < -0.3 is 5.32 Å². The van der Waals surface area contributed by atoms with Crippen molar-refractivity contribution in [1.82, 2.24) is 10.2 Å². The normalized spacial score (nSPS) is 15.3. The molecule has 0 spiro atoms. The number of nitrogens with zero attached hydrogens (tertiary/aromatic N) is 1. The van der Waals surface area contributed by atoms with Crippen LogP contribution < -0.4 is 5.32 Å². The van der Waals surface area contributed by atoms with Crippen molar-refractivity contribution in [2.45, 2.75) is 39.0 Å². The molecule has 18 heavy (non-hydrogen) atoms. The van der Waals surface area contributed by atoms with E-state index in [9.17, 15) is 14.4 Å². The van der Waals surface area contributed by atoms with Crippen molar-refractivity contribution in [3.63, 3.8) is 0 Å². The van der Waals surface area contributed by atoms with Gasteiger partial charge in [0.25, 0.3) is 5.24 Å². The van der Waals surface area contributed by atoms with Crippen molar-refractivity contribution in [3.05, 3.63) is 0 Å². The highest BCUT2D eigenvalue weighted by atomic mass is 32.2. The molecule has 0 bridgehead atoms. The Labute approximate surface area is 112 Å². The highest BCUT2D eigenvalue weighted by Gasteiger charge is 2.28. The first-order valence-electron chi connectivity index (χ1n) is 6.39. The van der Waals surface area contributed by atoms with Gasteiger partial charge in [0.15, 0.2) is 0 Å². The minimum absolute atomic E-state index is 0.0766. The van der Waals surface area contributed by atoms with Crippen molar-refractivity contribution in [2.75, 3.05) is 18.8 Å². The number of nitrogens with one attached hydrogen (secondary N) is 1. The van der Waals surface area contributed by atoms with Gasteiger partial charge in [-0.25, -0.2) is 0 Å². The summed E-state index contributed by atoms with van der Waals surface area (Å²) in [5.41, 5.74) is 0. The predicted molar refractivity (Wildman–Crippen MR) is 71.3 cm³/mol. The molecule has 0 aromatic rings. The average molecular weight is 272 g/mol. The number of rotatable bonds is 8. The van der Waals surface area contributed by atoms with Crippen molar-refractivity contribution in [2.24, 2.45) is 0 Å². The van der Waals surface area contributed by atoms with Crippen molar-refractivity contribution < 1.29 is 14.4 Å². The molecule has 102 valence electrons. The minimum atomic E-state index is -0.123. The number of amides is 3. The fourth-order valence-corrected chi connectivity index (χ4v) is 2.54. The zero-order valence-electron chi connectivity index (χ0n) is 10.7. The molecular weight excluding hydrogens is 252 g/mol. The van der Waals surface area contributed by atoms with Gasteiger partial charge in [0, 0.05) is 19.5 Å². The smallest absolute Gasteiger partial charge is 0.288 e. The van der Waals surface area contributed by atoms with Crippen LogP contribution in [0.25, 0.3) is 0 Å².